The standard InChI is InChI=1S/C11H20O4S/c1-4-5-6-15-9(12)7-16-10(8(2)3)11(13)14/h8,10H,4-7H2,1-3H3,(H,13,14). The first-order valence-corrected chi connectivity index (χ1v) is 6.54. The first kappa shape index (κ1) is 15.3. The molecule has 0 saturated heterocycles. The molecule has 0 fully saturated rings. The fourth-order valence-corrected chi connectivity index (χ4v) is 2.01. The van der Waals surface area contributed by atoms with Crippen molar-refractivity contribution in [2.24, 2.45) is 5.92 Å². The van der Waals surface area contributed by atoms with E-state index in [1.807, 2.05) is 20.8 Å². The SMILES string of the molecule is CCCCOC(=O)CSC(C(=O)O)C(C)C. The van der Waals surface area contributed by atoms with E-state index in [0.29, 0.717) is 6.61 Å². The van der Waals surface area contributed by atoms with E-state index in [0.717, 1.165) is 24.6 Å². The molecule has 0 aliphatic heterocycles. The van der Waals surface area contributed by atoms with Gasteiger partial charge in [0.2, 0.25) is 0 Å². The third-order valence-electron chi connectivity index (χ3n) is 1.99. The molecule has 1 N–H and O–H groups in total. The Bertz CT molecular complexity index is 228. The Kier molecular flexibility index (Phi) is 8.07. The maximum absolute atomic E-state index is 11.2. The maximum Gasteiger partial charge on any atom is 0.316 e. The smallest absolute Gasteiger partial charge is 0.316 e. The minimum absolute atomic E-state index is 0.00550. The number of hydrogen-bond donors (Lipinski definition) is 1. The summed E-state index contributed by atoms with van der Waals surface area (Å²) in [4.78, 5) is 22.1. The van der Waals surface area contributed by atoms with E-state index < -0.39 is 11.2 Å². The summed E-state index contributed by atoms with van der Waals surface area (Å²) in [6.07, 6.45) is 1.83. The minimum Gasteiger partial charge on any atom is -0.480 e. The van der Waals surface area contributed by atoms with Gasteiger partial charge < -0.3 is 9.84 Å². The van der Waals surface area contributed by atoms with Crippen LogP contribution >= 0.6 is 11.8 Å². The fraction of sp³-hybridized carbons (Fsp3) is 0.818. The summed E-state index contributed by atoms with van der Waals surface area (Å²) < 4.78 is 4.94. The Hall–Kier alpha value is -0.710. The zero-order valence-corrected chi connectivity index (χ0v) is 10.9. The molecular formula is C11H20O4S. The molecule has 0 aliphatic rings. The number of aliphatic carboxylic acids is 1. The van der Waals surface area contributed by atoms with Crippen LogP contribution in [0.15, 0.2) is 0 Å². The van der Waals surface area contributed by atoms with Gasteiger partial charge in [-0.25, -0.2) is 0 Å². The molecule has 0 spiro atoms. The Balaban J connectivity index is 3.83. The fourth-order valence-electron chi connectivity index (χ4n) is 1.08. The summed E-state index contributed by atoms with van der Waals surface area (Å²) in [5.74, 6) is -1.09. The van der Waals surface area contributed by atoms with Crippen LogP contribution in [0.5, 0.6) is 0 Å². The van der Waals surface area contributed by atoms with Gasteiger partial charge in [0.15, 0.2) is 0 Å². The number of rotatable bonds is 8. The van der Waals surface area contributed by atoms with Gasteiger partial charge in [0.1, 0.15) is 5.25 Å². The monoisotopic (exact) mass is 248 g/mol. The number of unbranched alkanes of at least 4 members (excludes halogenated alkanes) is 1. The van der Waals surface area contributed by atoms with Gasteiger partial charge in [-0.05, 0) is 12.3 Å². The van der Waals surface area contributed by atoms with E-state index in [2.05, 4.69) is 0 Å². The normalized spacial score (nSPS) is 12.5. The summed E-state index contributed by atoms with van der Waals surface area (Å²) in [6.45, 7) is 6.10. The van der Waals surface area contributed by atoms with E-state index in [4.69, 9.17) is 9.84 Å². The van der Waals surface area contributed by atoms with Crippen molar-refractivity contribution < 1.29 is 19.4 Å². The molecule has 5 heteroatoms. The number of carbonyl (C=O) groups excluding carboxylic acids is 1. The quantitative estimate of drug-likeness (QED) is 0.527. The molecule has 0 rings (SSSR count). The van der Waals surface area contributed by atoms with Crippen molar-refractivity contribution in [3.05, 3.63) is 0 Å². The molecule has 0 bridgehead atoms. The lowest BCUT2D eigenvalue weighted by atomic mass is 10.1. The highest BCUT2D eigenvalue weighted by molar-refractivity contribution is 8.01. The number of carboxylic acid groups (broad SMARTS) is 1. The van der Waals surface area contributed by atoms with Crippen molar-refractivity contribution in [1.29, 1.82) is 0 Å². The molecule has 0 saturated carbocycles. The number of carbonyl (C=O) groups is 2. The van der Waals surface area contributed by atoms with Gasteiger partial charge in [0.25, 0.3) is 0 Å². The van der Waals surface area contributed by atoms with Crippen LogP contribution in [0.2, 0.25) is 0 Å². The van der Waals surface area contributed by atoms with Crippen molar-refractivity contribution in [2.45, 2.75) is 38.9 Å². The van der Waals surface area contributed by atoms with Crippen LogP contribution in [0.4, 0.5) is 0 Å². The molecule has 0 radical (unpaired) electrons. The maximum atomic E-state index is 11.2. The van der Waals surface area contributed by atoms with Gasteiger partial charge in [-0.2, -0.15) is 0 Å². The average Bonchev–Trinajstić information content (AvgIpc) is 2.17. The highest BCUT2D eigenvalue weighted by Crippen LogP contribution is 2.19. The topological polar surface area (TPSA) is 63.6 Å². The van der Waals surface area contributed by atoms with E-state index in [1.54, 1.807) is 0 Å². The molecule has 1 unspecified atom stereocenters. The molecule has 0 aliphatic carbocycles. The van der Waals surface area contributed by atoms with E-state index >= 15 is 0 Å². The highest BCUT2D eigenvalue weighted by atomic mass is 32.2. The molecule has 94 valence electrons. The second kappa shape index (κ2) is 8.44. The summed E-state index contributed by atoms with van der Waals surface area (Å²) in [7, 11) is 0. The van der Waals surface area contributed by atoms with Crippen LogP contribution in [-0.4, -0.2) is 34.7 Å². The molecular weight excluding hydrogens is 228 g/mol. The molecule has 16 heavy (non-hydrogen) atoms. The lowest BCUT2D eigenvalue weighted by Gasteiger charge is -2.14. The molecule has 4 nitrogen and oxygen atoms in total. The van der Waals surface area contributed by atoms with Crippen molar-refractivity contribution in [3.8, 4) is 0 Å². The van der Waals surface area contributed by atoms with Crippen LogP contribution < -0.4 is 0 Å². The van der Waals surface area contributed by atoms with Crippen molar-refractivity contribution in [3.63, 3.8) is 0 Å². The largest absolute Gasteiger partial charge is 0.480 e. The molecule has 0 aromatic carbocycles. The van der Waals surface area contributed by atoms with Gasteiger partial charge in [0, 0.05) is 0 Å². The van der Waals surface area contributed by atoms with Gasteiger partial charge in [-0.15, -0.1) is 11.8 Å². The highest BCUT2D eigenvalue weighted by Gasteiger charge is 2.23. The Labute approximate surface area is 101 Å². The van der Waals surface area contributed by atoms with E-state index in [9.17, 15) is 9.59 Å². The number of carboxylic acids is 1. The lowest BCUT2D eigenvalue weighted by molar-refractivity contribution is -0.140. The predicted octanol–water partition coefficient (Wildman–Crippen LogP) is 2.17. The van der Waals surface area contributed by atoms with E-state index in [-0.39, 0.29) is 17.6 Å². The number of ether oxygens (including phenoxy) is 1. The van der Waals surface area contributed by atoms with Crippen LogP contribution in [0, 0.1) is 5.92 Å². The van der Waals surface area contributed by atoms with E-state index in [1.165, 1.54) is 0 Å². The van der Waals surface area contributed by atoms with Crippen molar-refractivity contribution in [2.75, 3.05) is 12.4 Å². The summed E-state index contributed by atoms with van der Waals surface area (Å²) in [5.41, 5.74) is 0. The molecule has 1 atom stereocenters. The second-order valence-electron chi connectivity index (χ2n) is 3.89. The van der Waals surface area contributed by atoms with Crippen LogP contribution in [0.25, 0.3) is 0 Å². The molecule has 0 amide bonds. The van der Waals surface area contributed by atoms with Gasteiger partial charge >= 0.3 is 11.9 Å². The summed E-state index contributed by atoms with van der Waals surface area (Å²) in [6, 6.07) is 0. The predicted molar refractivity (Wildman–Crippen MR) is 64.6 cm³/mol. The third kappa shape index (κ3) is 6.71. The Morgan fingerprint density at radius 1 is 1.38 bits per heavy atom. The number of hydrogen-bond acceptors (Lipinski definition) is 4. The molecule has 0 aromatic heterocycles. The zero-order chi connectivity index (χ0) is 12.6. The lowest BCUT2D eigenvalue weighted by Crippen LogP contribution is -2.24. The van der Waals surface area contributed by atoms with Crippen LogP contribution in [0.3, 0.4) is 0 Å². The minimum atomic E-state index is -0.874. The van der Waals surface area contributed by atoms with Gasteiger partial charge in [-0.1, -0.05) is 27.2 Å². The first-order chi connectivity index (χ1) is 7.49. The van der Waals surface area contributed by atoms with Gasteiger partial charge in [-0.3, -0.25) is 9.59 Å². The first-order valence-electron chi connectivity index (χ1n) is 5.49. The van der Waals surface area contributed by atoms with Crippen LogP contribution in [-0.2, 0) is 14.3 Å². The van der Waals surface area contributed by atoms with Crippen molar-refractivity contribution >= 4 is 23.7 Å². The summed E-state index contributed by atoms with van der Waals surface area (Å²) >= 11 is 1.13. The number of thioether (sulfide) groups is 1. The number of esters is 1. The second-order valence-corrected chi connectivity index (χ2v) is 5.02. The average molecular weight is 248 g/mol. The Morgan fingerprint density at radius 2 is 2.00 bits per heavy atom. The van der Waals surface area contributed by atoms with Crippen molar-refractivity contribution in [1.82, 2.24) is 0 Å². The molecule has 0 aromatic rings. The third-order valence-corrected chi connectivity index (χ3v) is 3.50. The summed E-state index contributed by atoms with van der Waals surface area (Å²) in [5, 5.41) is 8.35. The molecule has 0 heterocycles. The zero-order valence-electron chi connectivity index (χ0n) is 10.1. The van der Waals surface area contributed by atoms with Gasteiger partial charge in [0.05, 0.1) is 12.4 Å². The Morgan fingerprint density at radius 3 is 2.44 bits per heavy atom. The van der Waals surface area contributed by atoms with Crippen LogP contribution in [0.1, 0.15) is 33.6 Å².